The maximum atomic E-state index is 12.7. The van der Waals surface area contributed by atoms with Gasteiger partial charge in [-0.05, 0) is 60.3 Å². The van der Waals surface area contributed by atoms with E-state index < -0.39 is 14.9 Å². The highest BCUT2D eigenvalue weighted by atomic mass is 32.2. The summed E-state index contributed by atoms with van der Waals surface area (Å²) in [6.45, 7) is 0. The minimum atomic E-state index is -4.04. The van der Waals surface area contributed by atoms with Gasteiger partial charge in [-0.3, -0.25) is 19.2 Å². The summed E-state index contributed by atoms with van der Waals surface area (Å²) in [6.07, 6.45) is 1.74. The van der Waals surface area contributed by atoms with E-state index in [0.29, 0.717) is 22.2 Å². The lowest BCUT2D eigenvalue weighted by Crippen LogP contribution is -2.13. The number of rotatable bonds is 7. The predicted octanol–water partition coefficient (Wildman–Crippen LogP) is 3.60. The number of nitrogens with one attached hydrogen (secondary N) is 1. The van der Waals surface area contributed by atoms with Crippen LogP contribution >= 0.6 is 11.8 Å². The average molecular weight is 457 g/mol. The Morgan fingerprint density at radius 3 is 2.58 bits per heavy atom. The highest BCUT2D eigenvalue weighted by Gasteiger charge is 2.23. The first-order valence-electron chi connectivity index (χ1n) is 8.80. The van der Waals surface area contributed by atoms with Gasteiger partial charge in [0.1, 0.15) is 5.75 Å². The fourth-order valence-electron chi connectivity index (χ4n) is 2.75. The van der Waals surface area contributed by atoms with Gasteiger partial charge in [0.2, 0.25) is 5.16 Å². The molecule has 0 saturated carbocycles. The van der Waals surface area contributed by atoms with Crippen molar-refractivity contribution in [1.82, 2.24) is 14.6 Å². The zero-order chi connectivity index (χ0) is 22.0. The van der Waals surface area contributed by atoms with Gasteiger partial charge in [0.15, 0.2) is 5.65 Å². The van der Waals surface area contributed by atoms with Crippen LogP contribution in [0.5, 0.6) is 5.75 Å². The number of nitro benzene ring substituents is 1. The molecule has 4 rings (SSSR count). The molecular formula is C19H15N5O5S2. The summed E-state index contributed by atoms with van der Waals surface area (Å²) in [5.41, 5.74) is 0.544. The summed E-state index contributed by atoms with van der Waals surface area (Å²) in [7, 11) is -2.54. The second kappa shape index (κ2) is 8.24. The van der Waals surface area contributed by atoms with Gasteiger partial charge in [-0.25, -0.2) is 8.42 Å². The topological polar surface area (TPSA) is 129 Å². The molecule has 0 saturated heterocycles. The molecule has 2 aromatic carbocycles. The van der Waals surface area contributed by atoms with Crippen LogP contribution < -0.4 is 9.46 Å². The Bertz CT molecular complexity index is 1370. The number of sulfonamides is 1. The number of nitro groups is 1. The predicted molar refractivity (Wildman–Crippen MR) is 114 cm³/mol. The van der Waals surface area contributed by atoms with Crippen molar-refractivity contribution >= 4 is 38.8 Å². The fourth-order valence-corrected chi connectivity index (χ4v) is 4.74. The van der Waals surface area contributed by atoms with Crippen molar-refractivity contribution in [2.45, 2.75) is 14.9 Å². The first-order valence-corrected chi connectivity index (χ1v) is 11.1. The summed E-state index contributed by atoms with van der Waals surface area (Å²) in [5, 5.41) is 20.1. The number of ether oxygens (including phenoxy) is 1. The third-order valence-corrected chi connectivity index (χ3v) is 6.67. The van der Waals surface area contributed by atoms with E-state index >= 15 is 0 Å². The van der Waals surface area contributed by atoms with Gasteiger partial charge < -0.3 is 4.74 Å². The first kappa shape index (κ1) is 20.6. The Kier molecular flexibility index (Phi) is 5.48. The number of methoxy groups -OCH3 is 1. The normalized spacial score (nSPS) is 11.4. The van der Waals surface area contributed by atoms with Crippen LogP contribution in [-0.2, 0) is 10.0 Å². The van der Waals surface area contributed by atoms with E-state index in [1.807, 2.05) is 0 Å². The molecule has 0 aliphatic carbocycles. The molecular weight excluding hydrogens is 442 g/mol. The van der Waals surface area contributed by atoms with Crippen molar-refractivity contribution in [3.63, 3.8) is 0 Å². The van der Waals surface area contributed by atoms with E-state index in [2.05, 4.69) is 14.9 Å². The van der Waals surface area contributed by atoms with Crippen LogP contribution in [0.1, 0.15) is 0 Å². The number of aromatic nitrogens is 3. The van der Waals surface area contributed by atoms with Crippen LogP contribution in [-0.4, -0.2) is 35.0 Å². The number of hydrogen-bond acceptors (Lipinski definition) is 8. The second-order valence-corrected chi connectivity index (χ2v) is 8.93. The zero-order valence-corrected chi connectivity index (χ0v) is 17.6. The summed E-state index contributed by atoms with van der Waals surface area (Å²) < 4.78 is 34.6. The van der Waals surface area contributed by atoms with Gasteiger partial charge in [0.25, 0.3) is 15.7 Å². The van der Waals surface area contributed by atoms with Crippen LogP contribution in [0.3, 0.4) is 0 Å². The molecule has 0 spiro atoms. The van der Waals surface area contributed by atoms with Crippen molar-refractivity contribution in [1.29, 1.82) is 0 Å². The number of nitrogens with zero attached hydrogens (tertiary/aromatic N) is 4. The zero-order valence-electron chi connectivity index (χ0n) is 16.0. The van der Waals surface area contributed by atoms with E-state index in [-0.39, 0.29) is 15.5 Å². The minimum absolute atomic E-state index is 0.231. The summed E-state index contributed by atoms with van der Waals surface area (Å²) in [6, 6.07) is 15.3. The lowest BCUT2D eigenvalue weighted by Gasteiger charge is -2.10. The molecule has 31 heavy (non-hydrogen) atoms. The quantitative estimate of drug-likeness (QED) is 0.329. The standard InChI is InChI=1S/C19H15N5O5S2/c1-29-14-7-5-13(6-8-14)22-31(27,28)15-9-10-17(16(12-15)24(25)26)30-19-21-20-18-4-2-3-11-23(18)19/h2-12,22H,1H3. The molecule has 10 nitrogen and oxygen atoms in total. The highest BCUT2D eigenvalue weighted by Crippen LogP contribution is 2.35. The molecule has 0 unspecified atom stereocenters. The van der Waals surface area contributed by atoms with Crippen molar-refractivity contribution in [3.05, 3.63) is 77.0 Å². The van der Waals surface area contributed by atoms with Crippen molar-refractivity contribution in [2.24, 2.45) is 0 Å². The maximum absolute atomic E-state index is 12.7. The summed E-state index contributed by atoms with van der Waals surface area (Å²) in [4.78, 5) is 11.0. The van der Waals surface area contributed by atoms with Gasteiger partial charge in [-0.2, -0.15) is 0 Å². The molecule has 0 atom stereocenters. The van der Waals surface area contributed by atoms with Gasteiger partial charge >= 0.3 is 0 Å². The SMILES string of the molecule is COc1ccc(NS(=O)(=O)c2ccc(Sc3nnc4ccccn34)c([N+](=O)[O-])c2)cc1. The third-order valence-electron chi connectivity index (χ3n) is 4.26. The molecule has 2 aromatic heterocycles. The van der Waals surface area contributed by atoms with Crippen molar-refractivity contribution in [2.75, 3.05) is 11.8 Å². The van der Waals surface area contributed by atoms with E-state index in [0.717, 1.165) is 17.8 Å². The van der Waals surface area contributed by atoms with Gasteiger partial charge in [-0.15, -0.1) is 10.2 Å². The lowest BCUT2D eigenvalue weighted by molar-refractivity contribution is -0.388. The highest BCUT2D eigenvalue weighted by molar-refractivity contribution is 7.99. The maximum Gasteiger partial charge on any atom is 0.284 e. The number of hydrogen-bond donors (Lipinski definition) is 1. The van der Waals surface area contributed by atoms with Gasteiger partial charge in [-0.1, -0.05) is 6.07 Å². The number of anilines is 1. The van der Waals surface area contributed by atoms with Gasteiger partial charge in [0.05, 0.1) is 21.8 Å². The van der Waals surface area contributed by atoms with Crippen LogP contribution in [0.15, 0.2) is 81.8 Å². The molecule has 2 heterocycles. The molecule has 4 aromatic rings. The van der Waals surface area contributed by atoms with Crippen LogP contribution in [0.25, 0.3) is 5.65 Å². The van der Waals surface area contributed by atoms with E-state index in [9.17, 15) is 18.5 Å². The van der Waals surface area contributed by atoms with Crippen LogP contribution in [0.4, 0.5) is 11.4 Å². The Morgan fingerprint density at radius 1 is 1.10 bits per heavy atom. The van der Waals surface area contributed by atoms with Crippen LogP contribution in [0, 0.1) is 10.1 Å². The average Bonchev–Trinajstić information content (AvgIpc) is 3.17. The smallest absolute Gasteiger partial charge is 0.284 e. The van der Waals surface area contributed by atoms with E-state index in [4.69, 9.17) is 4.74 Å². The first-order chi connectivity index (χ1) is 14.9. The summed E-state index contributed by atoms with van der Waals surface area (Å²) in [5.74, 6) is 0.570. The van der Waals surface area contributed by atoms with Crippen molar-refractivity contribution < 1.29 is 18.1 Å². The van der Waals surface area contributed by atoms with E-state index in [1.165, 1.54) is 31.4 Å². The van der Waals surface area contributed by atoms with Gasteiger partial charge in [0, 0.05) is 18.0 Å². The van der Waals surface area contributed by atoms with E-state index in [1.54, 1.807) is 40.9 Å². The molecule has 0 bridgehead atoms. The monoisotopic (exact) mass is 457 g/mol. The molecule has 0 aliphatic rings. The Morgan fingerprint density at radius 2 is 1.87 bits per heavy atom. The van der Waals surface area contributed by atoms with Crippen LogP contribution in [0.2, 0.25) is 0 Å². The Balaban J connectivity index is 1.65. The number of pyridine rings is 1. The summed E-state index contributed by atoms with van der Waals surface area (Å²) >= 11 is 1.02. The fraction of sp³-hybridized carbons (Fsp3) is 0.0526. The molecule has 0 radical (unpaired) electrons. The lowest BCUT2D eigenvalue weighted by atomic mass is 10.3. The minimum Gasteiger partial charge on any atom is -0.497 e. The molecule has 1 N–H and O–H groups in total. The largest absolute Gasteiger partial charge is 0.497 e. The van der Waals surface area contributed by atoms with Crippen molar-refractivity contribution in [3.8, 4) is 5.75 Å². The molecule has 0 aliphatic heterocycles. The molecule has 0 fully saturated rings. The Hall–Kier alpha value is -3.64. The molecule has 0 amide bonds. The third kappa shape index (κ3) is 4.29. The molecule has 158 valence electrons. The second-order valence-electron chi connectivity index (χ2n) is 6.23. The Labute approximate surface area is 181 Å². The molecule has 12 heteroatoms. The number of fused-ring (bicyclic) bond motifs is 1. The number of benzene rings is 2.